The number of nitrogens with two attached hydrogens (primary N) is 1. The van der Waals surface area contributed by atoms with Crippen LogP contribution in [0, 0.1) is 17.8 Å². The number of carboxylic acid groups (broad SMARTS) is 1. The van der Waals surface area contributed by atoms with Gasteiger partial charge < -0.3 is 20.3 Å². The minimum Gasteiger partial charge on any atom is -0.479 e. The molecule has 9 nitrogen and oxygen atoms in total. The molecule has 0 aromatic carbocycles. The van der Waals surface area contributed by atoms with Gasteiger partial charge in [0.1, 0.15) is 11.7 Å². The van der Waals surface area contributed by atoms with E-state index in [4.69, 9.17) is 5.73 Å². The zero-order chi connectivity index (χ0) is 17.6. The number of hydrogen-bond acceptors (Lipinski definition) is 7. The number of rotatable bonds is 6. The van der Waals surface area contributed by atoms with Gasteiger partial charge in [0.2, 0.25) is 5.91 Å². The smallest absolute Gasteiger partial charge is 0.329 e. The van der Waals surface area contributed by atoms with Crippen molar-refractivity contribution in [3.63, 3.8) is 0 Å². The van der Waals surface area contributed by atoms with Crippen molar-refractivity contribution in [1.82, 2.24) is 5.32 Å². The molecule has 0 bridgehead atoms. The first kappa shape index (κ1) is 17.6. The van der Waals surface area contributed by atoms with Gasteiger partial charge in [0.25, 0.3) is 0 Å². The van der Waals surface area contributed by atoms with E-state index in [0.717, 1.165) is 0 Å². The highest BCUT2D eigenvalue weighted by molar-refractivity contribution is 7.86. The lowest BCUT2D eigenvalue weighted by Gasteiger charge is -2.29. The molecule has 0 radical (unpaired) electrons. The normalized spacial score (nSPS) is 35.3. The minimum atomic E-state index is -4.09. The van der Waals surface area contributed by atoms with Crippen LogP contribution in [0.5, 0.6) is 0 Å². The fourth-order valence-corrected chi connectivity index (χ4v) is 3.78. The largest absolute Gasteiger partial charge is 0.479 e. The summed E-state index contributed by atoms with van der Waals surface area (Å²) in [4.78, 5) is 35.1. The molecule has 0 heterocycles. The molecule has 5 unspecified atom stereocenters. The van der Waals surface area contributed by atoms with E-state index in [9.17, 15) is 32.3 Å². The molecule has 2 aliphatic rings. The van der Waals surface area contributed by atoms with E-state index in [1.54, 1.807) is 0 Å². The van der Waals surface area contributed by atoms with Gasteiger partial charge in [-0.3, -0.25) is 9.59 Å². The second-order valence-electron chi connectivity index (χ2n) is 5.82. The van der Waals surface area contributed by atoms with Crippen LogP contribution < -0.4 is 11.1 Å². The highest BCUT2D eigenvalue weighted by atomic mass is 32.2. The Hall–Kier alpha value is -1.75. The van der Waals surface area contributed by atoms with Crippen LogP contribution in [-0.2, 0) is 28.7 Å². The summed E-state index contributed by atoms with van der Waals surface area (Å²) in [5.41, 5.74) is 3.26. The maximum absolute atomic E-state index is 14.1. The molecule has 5 atom stereocenters. The van der Waals surface area contributed by atoms with E-state index < -0.39 is 63.8 Å². The van der Waals surface area contributed by atoms with Gasteiger partial charge in [-0.25, -0.2) is 9.18 Å². The lowest BCUT2D eigenvalue weighted by atomic mass is 9.89. The van der Waals surface area contributed by atoms with Gasteiger partial charge in [-0.2, -0.15) is 8.42 Å². The van der Waals surface area contributed by atoms with Crippen LogP contribution in [0.15, 0.2) is 0 Å². The molecule has 1 amide bonds. The van der Waals surface area contributed by atoms with Crippen molar-refractivity contribution in [1.29, 1.82) is 0 Å². The molecule has 2 rings (SSSR count). The predicted molar refractivity (Wildman–Crippen MR) is 73.1 cm³/mol. The Bertz CT molecular complexity index is 652. The number of alkyl halides is 1. The third-order valence-electron chi connectivity index (χ3n) is 4.20. The van der Waals surface area contributed by atoms with Crippen LogP contribution in [-0.4, -0.2) is 55.9 Å². The van der Waals surface area contributed by atoms with Crippen LogP contribution in [0.4, 0.5) is 4.39 Å². The first-order chi connectivity index (χ1) is 10.5. The first-order valence-corrected chi connectivity index (χ1v) is 8.67. The van der Waals surface area contributed by atoms with Gasteiger partial charge in [-0.15, -0.1) is 0 Å². The summed E-state index contributed by atoms with van der Waals surface area (Å²) in [5, 5.41) is 11.7. The second kappa shape index (κ2) is 5.71. The van der Waals surface area contributed by atoms with Gasteiger partial charge in [-0.05, 0) is 0 Å². The van der Waals surface area contributed by atoms with Crippen LogP contribution in [0.2, 0.25) is 0 Å². The van der Waals surface area contributed by atoms with Crippen molar-refractivity contribution >= 4 is 28.0 Å². The van der Waals surface area contributed by atoms with Crippen molar-refractivity contribution in [2.24, 2.45) is 23.5 Å². The summed E-state index contributed by atoms with van der Waals surface area (Å²) >= 11 is 0. The Morgan fingerprint density at radius 1 is 1.43 bits per heavy atom. The summed E-state index contributed by atoms with van der Waals surface area (Å²) in [5.74, 6) is -6.62. The van der Waals surface area contributed by atoms with Crippen molar-refractivity contribution in [2.75, 3.05) is 12.8 Å². The lowest BCUT2D eigenvalue weighted by Crippen LogP contribution is -2.56. The molecule has 0 aromatic rings. The quantitative estimate of drug-likeness (QED) is 0.482. The van der Waals surface area contributed by atoms with Gasteiger partial charge in [0, 0.05) is 31.2 Å². The molecule has 4 N–H and O–H groups in total. The molecular formula is C12H17FN2O7S. The molecule has 0 saturated heterocycles. The fraction of sp³-hybridized carbons (Fsp3) is 0.750. The summed E-state index contributed by atoms with van der Waals surface area (Å²) in [6, 6.07) is 0. The predicted octanol–water partition coefficient (Wildman–Crippen LogP) is -1.62. The zero-order valence-electron chi connectivity index (χ0n) is 12.2. The molecule has 23 heavy (non-hydrogen) atoms. The number of nitrogens with one attached hydrogen (secondary N) is 1. The van der Waals surface area contributed by atoms with Crippen molar-refractivity contribution < 1.29 is 36.5 Å². The van der Waals surface area contributed by atoms with E-state index in [-0.39, 0.29) is 13.0 Å². The second-order valence-corrected chi connectivity index (χ2v) is 7.39. The van der Waals surface area contributed by atoms with E-state index in [1.807, 2.05) is 0 Å². The van der Waals surface area contributed by atoms with Gasteiger partial charge >= 0.3 is 22.1 Å². The first-order valence-electron chi connectivity index (χ1n) is 6.85. The maximum atomic E-state index is 14.1. The standard InChI is InChI=1S/C12H17FN2O7S/c1-23(20,21)22-10(17)8-7-5(13)4-12(9(7)8,11(18)19)15-6(16)2-3-14/h5,7-9H,2-4,14H2,1H3,(H,15,16)(H,18,19). The highest BCUT2D eigenvalue weighted by Crippen LogP contribution is 2.63. The highest BCUT2D eigenvalue weighted by Gasteiger charge is 2.76. The third-order valence-corrected chi connectivity index (χ3v) is 4.67. The average molecular weight is 352 g/mol. The molecule has 0 aromatic heterocycles. The Kier molecular flexibility index (Phi) is 4.37. The lowest BCUT2D eigenvalue weighted by molar-refractivity contribution is -0.150. The van der Waals surface area contributed by atoms with E-state index in [2.05, 4.69) is 9.50 Å². The number of amides is 1. The third kappa shape index (κ3) is 3.15. The topological polar surface area (TPSA) is 153 Å². The minimum absolute atomic E-state index is 0.0196. The molecule has 130 valence electrons. The molecule has 11 heteroatoms. The molecule has 0 spiro atoms. The molecule has 0 aliphatic heterocycles. The van der Waals surface area contributed by atoms with Crippen molar-refractivity contribution in [3.8, 4) is 0 Å². The Labute approximate surface area is 131 Å². The number of carboxylic acids is 1. The van der Waals surface area contributed by atoms with Crippen LogP contribution >= 0.6 is 0 Å². The number of carbonyl (C=O) groups excluding carboxylic acids is 2. The van der Waals surface area contributed by atoms with Crippen molar-refractivity contribution in [3.05, 3.63) is 0 Å². The van der Waals surface area contributed by atoms with Crippen LogP contribution in [0.1, 0.15) is 12.8 Å². The summed E-state index contributed by atoms with van der Waals surface area (Å²) in [6.45, 7) is -0.0196. The summed E-state index contributed by atoms with van der Waals surface area (Å²) < 4.78 is 40.3. The number of fused-ring (bicyclic) bond motifs is 1. The Morgan fingerprint density at radius 2 is 2.04 bits per heavy atom. The maximum Gasteiger partial charge on any atom is 0.329 e. The SMILES string of the molecule is CS(=O)(=O)OC(=O)C1C2C(F)CC(NC(=O)CCN)(C(=O)O)C12. The van der Waals surface area contributed by atoms with Crippen LogP contribution in [0.25, 0.3) is 0 Å². The molecule has 2 fully saturated rings. The monoisotopic (exact) mass is 352 g/mol. The number of carbonyl (C=O) groups is 3. The zero-order valence-corrected chi connectivity index (χ0v) is 13.0. The van der Waals surface area contributed by atoms with E-state index >= 15 is 0 Å². The molecule has 2 aliphatic carbocycles. The van der Waals surface area contributed by atoms with Crippen molar-refractivity contribution in [2.45, 2.75) is 24.6 Å². The fourth-order valence-electron chi connectivity index (χ4n) is 3.37. The van der Waals surface area contributed by atoms with Crippen LogP contribution in [0.3, 0.4) is 0 Å². The number of aliphatic carboxylic acids is 1. The van der Waals surface area contributed by atoms with Gasteiger partial charge in [-0.1, -0.05) is 0 Å². The van der Waals surface area contributed by atoms with E-state index in [0.29, 0.717) is 6.26 Å². The van der Waals surface area contributed by atoms with E-state index in [1.165, 1.54) is 0 Å². The Morgan fingerprint density at radius 3 is 2.52 bits per heavy atom. The molecular weight excluding hydrogens is 335 g/mol. The molecule has 2 saturated carbocycles. The number of hydrogen-bond donors (Lipinski definition) is 3. The summed E-state index contributed by atoms with van der Waals surface area (Å²) in [7, 11) is -4.09. The van der Waals surface area contributed by atoms with Gasteiger partial charge in [0.15, 0.2) is 0 Å². The Balaban J connectivity index is 2.24. The summed E-state index contributed by atoms with van der Waals surface area (Å²) in [6.07, 6.45) is -1.64. The van der Waals surface area contributed by atoms with Gasteiger partial charge in [0.05, 0.1) is 12.2 Å². The number of halogens is 1. The average Bonchev–Trinajstić information content (AvgIpc) is 3.05.